The Bertz CT molecular complexity index is 1060. The number of esters is 1. The van der Waals surface area contributed by atoms with Crippen LogP contribution in [0, 0.1) is 0 Å². The van der Waals surface area contributed by atoms with E-state index in [0.29, 0.717) is 10.6 Å². The van der Waals surface area contributed by atoms with Gasteiger partial charge in [0.25, 0.3) is 5.56 Å². The normalized spacial score (nSPS) is 11.0. The summed E-state index contributed by atoms with van der Waals surface area (Å²) in [5.41, 5.74) is 0.0685. The van der Waals surface area contributed by atoms with Crippen LogP contribution in [0.15, 0.2) is 40.2 Å². The van der Waals surface area contributed by atoms with E-state index in [-0.39, 0.29) is 24.3 Å². The smallest absolute Gasteiger partial charge is 0.338 e. The second-order valence-electron chi connectivity index (χ2n) is 5.46. The van der Waals surface area contributed by atoms with Crippen molar-refractivity contribution in [2.45, 2.75) is 6.54 Å². The Morgan fingerprint density at radius 3 is 2.52 bits per heavy atom. The number of aryl methyl sites for hydroxylation is 1. The number of rotatable bonds is 4. The molecule has 2 aromatic heterocycles. The number of hydrogen-bond acceptors (Lipinski definition) is 5. The van der Waals surface area contributed by atoms with Gasteiger partial charge in [-0.3, -0.25) is 13.9 Å². The van der Waals surface area contributed by atoms with Gasteiger partial charge < -0.3 is 9.30 Å². The van der Waals surface area contributed by atoms with Gasteiger partial charge in [-0.15, -0.1) is 0 Å². The molecule has 1 aromatic carbocycles. The van der Waals surface area contributed by atoms with E-state index in [4.69, 9.17) is 16.3 Å². The molecule has 0 unspecified atom stereocenters. The summed E-state index contributed by atoms with van der Waals surface area (Å²) in [6.45, 7) is 0.294. The number of fused-ring (bicyclic) bond motifs is 1. The Hall–Kier alpha value is -2.87. The van der Waals surface area contributed by atoms with Gasteiger partial charge in [0, 0.05) is 19.1 Å². The van der Waals surface area contributed by atoms with Crippen LogP contribution in [0.3, 0.4) is 0 Å². The Kier molecular flexibility index (Phi) is 4.45. The molecule has 0 amide bonds. The van der Waals surface area contributed by atoms with Gasteiger partial charge in [-0.25, -0.2) is 14.6 Å². The van der Waals surface area contributed by atoms with Crippen LogP contribution in [0.5, 0.6) is 0 Å². The Balaban J connectivity index is 1.78. The van der Waals surface area contributed by atoms with Crippen molar-refractivity contribution in [3.63, 3.8) is 0 Å². The molecular weight excluding hydrogens is 348 g/mol. The van der Waals surface area contributed by atoms with Crippen LogP contribution in [0.25, 0.3) is 11.2 Å². The molecule has 0 bridgehead atoms. The summed E-state index contributed by atoms with van der Waals surface area (Å²) in [6, 6.07) is 6.35. The van der Waals surface area contributed by atoms with E-state index < -0.39 is 17.2 Å². The highest BCUT2D eigenvalue weighted by molar-refractivity contribution is 6.30. The maximum absolute atomic E-state index is 12.3. The molecule has 0 N–H and O–H groups in total. The maximum Gasteiger partial charge on any atom is 0.338 e. The summed E-state index contributed by atoms with van der Waals surface area (Å²) in [7, 11) is 2.95. The third-order valence-corrected chi connectivity index (χ3v) is 4.11. The maximum atomic E-state index is 12.3. The lowest BCUT2D eigenvalue weighted by Crippen LogP contribution is -2.37. The van der Waals surface area contributed by atoms with Gasteiger partial charge in [0.2, 0.25) is 0 Å². The number of aromatic nitrogens is 4. The Morgan fingerprint density at radius 2 is 1.84 bits per heavy atom. The topological polar surface area (TPSA) is 88.1 Å². The fourth-order valence-corrected chi connectivity index (χ4v) is 2.60. The molecule has 25 heavy (non-hydrogen) atoms. The molecule has 3 rings (SSSR count). The van der Waals surface area contributed by atoms with E-state index in [2.05, 4.69) is 4.98 Å². The second kappa shape index (κ2) is 6.56. The number of nitrogens with zero attached hydrogens (tertiary/aromatic N) is 4. The van der Waals surface area contributed by atoms with Crippen molar-refractivity contribution >= 4 is 28.7 Å². The van der Waals surface area contributed by atoms with Crippen LogP contribution >= 0.6 is 11.6 Å². The molecule has 0 radical (unpaired) electrons. The predicted molar refractivity (Wildman–Crippen MR) is 91.9 cm³/mol. The quantitative estimate of drug-likeness (QED) is 0.645. The fraction of sp³-hybridized carbons (Fsp3) is 0.250. The highest BCUT2D eigenvalue weighted by Crippen LogP contribution is 2.11. The van der Waals surface area contributed by atoms with Crippen LogP contribution in [-0.2, 0) is 25.4 Å². The van der Waals surface area contributed by atoms with Gasteiger partial charge in [0.15, 0.2) is 11.2 Å². The van der Waals surface area contributed by atoms with Gasteiger partial charge in [-0.05, 0) is 24.3 Å². The molecule has 0 aliphatic heterocycles. The van der Waals surface area contributed by atoms with Crippen LogP contribution in [0.2, 0.25) is 5.02 Å². The SMILES string of the molecule is Cn1c(=O)c2c(ncn2CCOC(=O)c2ccc(Cl)cc2)n(C)c1=O. The first-order chi connectivity index (χ1) is 11.9. The minimum Gasteiger partial charge on any atom is -0.460 e. The van der Waals surface area contributed by atoms with Crippen molar-refractivity contribution in [3.05, 3.63) is 62.0 Å². The van der Waals surface area contributed by atoms with Crippen LogP contribution < -0.4 is 11.2 Å². The monoisotopic (exact) mass is 362 g/mol. The van der Waals surface area contributed by atoms with Crippen molar-refractivity contribution in [2.75, 3.05) is 6.61 Å². The molecule has 0 aliphatic rings. The number of halogens is 1. The zero-order chi connectivity index (χ0) is 18.1. The minimum atomic E-state index is -0.485. The first-order valence-corrected chi connectivity index (χ1v) is 7.81. The number of carbonyl (C=O) groups excluding carboxylic acids is 1. The number of carbonyl (C=O) groups is 1. The molecule has 130 valence electrons. The van der Waals surface area contributed by atoms with Crippen LogP contribution in [0.1, 0.15) is 10.4 Å². The third-order valence-electron chi connectivity index (χ3n) is 3.86. The van der Waals surface area contributed by atoms with Crippen LogP contribution in [0.4, 0.5) is 0 Å². The standard InChI is InChI=1S/C16H15ClN4O4/c1-19-13-12(14(22)20(2)16(19)24)21(9-18-13)7-8-25-15(23)10-3-5-11(17)6-4-10/h3-6,9H,7-8H2,1-2H3. The summed E-state index contributed by atoms with van der Waals surface area (Å²) in [6.07, 6.45) is 1.45. The summed E-state index contributed by atoms with van der Waals surface area (Å²) in [5.74, 6) is -0.485. The van der Waals surface area contributed by atoms with Gasteiger partial charge in [-0.2, -0.15) is 0 Å². The number of benzene rings is 1. The van der Waals surface area contributed by atoms with Crippen molar-refractivity contribution in [3.8, 4) is 0 Å². The van der Waals surface area contributed by atoms with Gasteiger partial charge in [-0.1, -0.05) is 11.6 Å². The first-order valence-electron chi connectivity index (χ1n) is 7.43. The lowest BCUT2D eigenvalue weighted by Gasteiger charge is -2.08. The zero-order valence-corrected chi connectivity index (χ0v) is 14.4. The minimum absolute atomic E-state index is 0.0545. The molecule has 0 aliphatic carbocycles. The number of imidazole rings is 1. The molecule has 0 saturated heterocycles. The first kappa shape index (κ1) is 17.0. The Morgan fingerprint density at radius 1 is 1.16 bits per heavy atom. The van der Waals surface area contributed by atoms with E-state index in [0.717, 1.165) is 4.57 Å². The summed E-state index contributed by atoms with van der Waals surface area (Å²) in [5, 5.41) is 0.530. The fourth-order valence-electron chi connectivity index (χ4n) is 2.47. The van der Waals surface area contributed by atoms with Gasteiger partial charge in [0.05, 0.1) is 18.4 Å². The molecule has 0 spiro atoms. The number of hydrogen-bond donors (Lipinski definition) is 0. The van der Waals surface area contributed by atoms with E-state index in [1.54, 1.807) is 35.9 Å². The largest absolute Gasteiger partial charge is 0.460 e. The van der Waals surface area contributed by atoms with Gasteiger partial charge >= 0.3 is 11.7 Å². The van der Waals surface area contributed by atoms with Crippen molar-refractivity contribution in [2.24, 2.45) is 14.1 Å². The zero-order valence-electron chi connectivity index (χ0n) is 13.6. The van der Waals surface area contributed by atoms with Crippen LogP contribution in [-0.4, -0.2) is 31.3 Å². The highest BCUT2D eigenvalue weighted by atomic mass is 35.5. The summed E-state index contributed by atoms with van der Waals surface area (Å²) in [4.78, 5) is 40.3. The van der Waals surface area contributed by atoms with E-state index >= 15 is 0 Å². The average molecular weight is 363 g/mol. The molecule has 3 aromatic rings. The van der Waals surface area contributed by atoms with Crippen molar-refractivity contribution in [1.29, 1.82) is 0 Å². The summed E-state index contributed by atoms with van der Waals surface area (Å²) >= 11 is 5.78. The molecule has 0 saturated carbocycles. The predicted octanol–water partition coefficient (Wildman–Crippen LogP) is 0.944. The molecule has 9 heteroatoms. The lowest BCUT2D eigenvalue weighted by molar-refractivity contribution is 0.0492. The molecule has 2 heterocycles. The highest BCUT2D eigenvalue weighted by Gasteiger charge is 2.14. The van der Waals surface area contributed by atoms with Gasteiger partial charge in [0.1, 0.15) is 6.61 Å². The molecular formula is C16H15ClN4O4. The van der Waals surface area contributed by atoms with Crippen molar-refractivity contribution < 1.29 is 9.53 Å². The second-order valence-corrected chi connectivity index (χ2v) is 5.90. The lowest BCUT2D eigenvalue weighted by atomic mass is 10.2. The molecule has 0 fully saturated rings. The van der Waals surface area contributed by atoms with E-state index in [9.17, 15) is 14.4 Å². The average Bonchev–Trinajstić information content (AvgIpc) is 3.02. The third kappa shape index (κ3) is 3.08. The van der Waals surface area contributed by atoms with E-state index in [1.807, 2.05) is 0 Å². The van der Waals surface area contributed by atoms with Crippen molar-refractivity contribution in [1.82, 2.24) is 18.7 Å². The molecule has 0 atom stereocenters. The summed E-state index contributed by atoms with van der Waals surface area (Å²) < 4.78 is 9.08. The van der Waals surface area contributed by atoms with E-state index in [1.165, 1.54) is 17.9 Å². The number of ether oxygens (including phenoxy) is 1. The Labute approximate surface area is 146 Å². The molecule has 8 nitrogen and oxygen atoms in total.